The van der Waals surface area contributed by atoms with Gasteiger partial charge in [-0.25, -0.2) is 0 Å². The maximum absolute atomic E-state index is 6.19. The van der Waals surface area contributed by atoms with Crippen molar-refractivity contribution >= 4 is 11.6 Å². The van der Waals surface area contributed by atoms with Gasteiger partial charge in [-0.15, -0.1) is 0 Å². The molecule has 0 N–H and O–H groups in total. The summed E-state index contributed by atoms with van der Waals surface area (Å²) in [5.74, 6) is 0. The molecule has 1 aliphatic rings. The predicted molar refractivity (Wildman–Crippen MR) is 65.3 cm³/mol. The summed E-state index contributed by atoms with van der Waals surface area (Å²) < 4.78 is 0. The number of aryl methyl sites for hydroxylation is 1. The zero-order valence-electron chi connectivity index (χ0n) is 9.30. The third-order valence-electron chi connectivity index (χ3n) is 3.04. The molecule has 0 amide bonds. The Morgan fingerprint density at radius 2 is 1.93 bits per heavy atom. The lowest BCUT2D eigenvalue weighted by Gasteiger charge is -2.26. The second kappa shape index (κ2) is 5.00. The number of hydrogen-bond acceptors (Lipinski definition) is 1. The van der Waals surface area contributed by atoms with E-state index in [1.54, 1.807) is 0 Å². The van der Waals surface area contributed by atoms with Gasteiger partial charge in [0.25, 0.3) is 0 Å². The van der Waals surface area contributed by atoms with E-state index in [-0.39, 0.29) is 0 Å². The minimum atomic E-state index is 0.908. The third-order valence-corrected chi connectivity index (χ3v) is 3.41. The standard InChI is InChI=1S/C13H18ClN/c1-11-5-6-13(14)12(9-11)10-15-7-3-2-4-8-15/h5-6,9H,2-4,7-8,10H2,1H3. The van der Waals surface area contributed by atoms with Crippen molar-refractivity contribution in [1.82, 2.24) is 4.90 Å². The zero-order valence-corrected chi connectivity index (χ0v) is 10.1. The molecule has 0 saturated carbocycles. The topological polar surface area (TPSA) is 3.24 Å². The molecule has 0 bridgehead atoms. The summed E-state index contributed by atoms with van der Waals surface area (Å²) in [6, 6.07) is 6.29. The molecule has 82 valence electrons. The Balaban J connectivity index is 2.05. The van der Waals surface area contributed by atoms with Crippen molar-refractivity contribution in [3.63, 3.8) is 0 Å². The van der Waals surface area contributed by atoms with Crippen LogP contribution in [0.4, 0.5) is 0 Å². The second-order valence-corrected chi connectivity index (χ2v) is 4.84. The minimum Gasteiger partial charge on any atom is -0.299 e. The van der Waals surface area contributed by atoms with E-state index < -0.39 is 0 Å². The quantitative estimate of drug-likeness (QED) is 0.740. The Morgan fingerprint density at radius 1 is 1.20 bits per heavy atom. The fraction of sp³-hybridized carbons (Fsp3) is 0.538. The lowest BCUT2D eigenvalue weighted by molar-refractivity contribution is 0.221. The molecule has 0 aromatic heterocycles. The second-order valence-electron chi connectivity index (χ2n) is 4.43. The number of benzene rings is 1. The lowest BCUT2D eigenvalue weighted by Crippen LogP contribution is -2.29. The first kappa shape index (κ1) is 11.0. The van der Waals surface area contributed by atoms with E-state index >= 15 is 0 Å². The number of hydrogen-bond donors (Lipinski definition) is 0. The van der Waals surface area contributed by atoms with Crippen LogP contribution in [0.1, 0.15) is 30.4 Å². The third kappa shape index (κ3) is 2.96. The van der Waals surface area contributed by atoms with Crippen molar-refractivity contribution in [1.29, 1.82) is 0 Å². The lowest BCUT2D eigenvalue weighted by atomic mass is 10.1. The van der Waals surface area contributed by atoms with Gasteiger partial charge in [0.1, 0.15) is 0 Å². The van der Waals surface area contributed by atoms with Crippen molar-refractivity contribution in [3.05, 3.63) is 34.3 Å². The number of likely N-dealkylation sites (tertiary alicyclic amines) is 1. The Morgan fingerprint density at radius 3 is 2.67 bits per heavy atom. The molecule has 1 aromatic carbocycles. The predicted octanol–water partition coefficient (Wildman–Crippen LogP) is 3.63. The molecule has 15 heavy (non-hydrogen) atoms. The Kier molecular flexibility index (Phi) is 3.66. The van der Waals surface area contributed by atoms with Crippen molar-refractivity contribution in [3.8, 4) is 0 Å². The van der Waals surface area contributed by atoms with Crippen LogP contribution in [-0.4, -0.2) is 18.0 Å². The average molecular weight is 224 g/mol. The summed E-state index contributed by atoms with van der Waals surface area (Å²) in [7, 11) is 0. The minimum absolute atomic E-state index is 0.908. The van der Waals surface area contributed by atoms with Gasteiger partial charge in [0.05, 0.1) is 0 Å². The first-order chi connectivity index (χ1) is 7.25. The van der Waals surface area contributed by atoms with Crippen molar-refractivity contribution in [2.75, 3.05) is 13.1 Å². The van der Waals surface area contributed by atoms with Crippen LogP contribution >= 0.6 is 11.6 Å². The van der Waals surface area contributed by atoms with Gasteiger partial charge in [-0.1, -0.05) is 35.7 Å². The summed E-state index contributed by atoms with van der Waals surface area (Å²) in [6.45, 7) is 5.59. The monoisotopic (exact) mass is 223 g/mol. The van der Waals surface area contributed by atoms with Crippen LogP contribution < -0.4 is 0 Å². The first-order valence-corrected chi connectivity index (χ1v) is 6.11. The molecule has 2 heteroatoms. The highest BCUT2D eigenvalue weighted by Crippen LogP contribution is 2.21. The molecule has 1 aromatic rings. The van der Waals surface area contributed by atoms with E-state index in [0.717, 1.165) is 11.6 Å². The summed E-state index contributed by atoms with van der Waals surface area (Å²) >= 11 is 6.19. The molecule has 0 unspecified atom stereocenters. The Labute approximate surface area is 97.0 Å². The van der Waals surface area contributed by atoms with E-state index in [1.807, 2.05) is 6.07 Å². The highest BCUT2D eigenvalue weighted by atomic mass is 35.5. The van der Waals surface area contributed by atoms with E-state index in [4.69, 9.17) is 11.6 Å². The smallest absolute Gasteiger partial charge is 0.0451 e. The fourth-order valence-electron chi connectivity index (χ4n) is 2.18. The molecule has 1 fully saturated rings. The van der Waals surface area contributed by atoms with Crippen LogP contribution in [-0.2, 0) is 6.54 Å². The molecule has 0 spiro atoms. The van der Waals surface area contributed by atoms with Gasteiger partial charge < -0.3 is 0 Å². The van der Waals surface area contributed by atoms with Crippen molar-refractivity contribution in [2.45, 2.75) is 32.7 Å². The fourth-order valence-corrected chi connectivity index (χ4v) is 2.36. The van der Waals surface area contributed by atoms with Crippen molar-refractivity contribution in [2.24, 2.45) is 0 Å². The van der Waals surface area contributed by atoms with Crippen LogP contribution in [0.2, 0.25) is 5.02 Å². The van der Waals surface area contributed by atoms with Gasteiger partial charge in [0.2, 0.25) is 0 Å². The van der Waals surface area contributed by atoms with Gasteiger partial charge in [-0.2, -0.15) is 0 Å². The maximum Gasteiger partial charge on any atom is 0.0451 e. The highest BCUT2D eigenvalue weighted by Gasteiger charge is 2.11. The number of piperidine rings is 1. The van der Waals surface area contributed by atoms with Gasteiger partial charge in [-0.05, 0) is 44.5 Å². The van der Waals surface area contributed by atoms with E-state index in [9.17, 15) is 0 Å². The Bertz CT molecular complexity index is 329. The normalized spacial score (nSPS) is 18.0. The van der Waals surface area contributed by atoms with Crippen molar-refractivity contribution < 1.29 is 0 Å². The van der Waals surface area contributed by atoms with E-state index in [2.05, 4.69) is 24.0 Å². The van der Waals surface area contributed by atoms with Crippen LogP contribution in [0.15, 0.2) is 18.2 Å². The molecule has 1 saturated heterocycles. The van der Waals surface area contributed by atoms with Crippen LogP contribution in [0.5, 0.6) is 0 Å². The zero-order chi connectivity index (χ0) is 10.7. The van der Waals surface area contributed by atoms with Gasteiger partial charge in [0, 0.05) is 11.6 Å². The van der Waals surface area contributed by atoms with Crippen LogP contribution in [0.25, 0.3) is 0 Å². The SMILES string of the molecule is Cc1ccc(Cl)c(CN2CCCCC2)c1. The first-order valence-electron chi connectivity index (χ1n) is 5.73. The molecule has 0 aliphatic carbocycles. The number of rotatable bonds is 2. The molecule has 1 heterocycles. The summed E-state index contributed by atoms with van der Waals surface area (Å²) in [6.07, 6.45) is 4.06. The summed E-state index contributed by atoms with van der Waals surface area (Å²) in [4.78, 5) is 2.50. The largest absolute Gasteiger partial charge is 0.299 e. The number of nitrogens with zero attached hydrogens (tertiary/aromatic N) is 1. The molecule has 2 rings (SSSR count). The molecular formula is C13H18ClN. The maximum atomic E-state index is 6.19. The van der Waals surface area contributed by atoms with Crippen LogP contribution in [0.3, 0.4) is 0 Å². The van der Waals surface area contributed by atoms with Gasteiger partial charge in [-0.3, -0.25) is 4.90 Å². The highest BCUT2D eigenvalue weighted by molar-refractivity contribution is 6.31. The summed E-state index contributed by atoms with van der Waals surface area (Å²) in [5, 5.41) is 0.908. The molecule has 0 atom stereocenters. The molecule has 0 radical (unpaired) electrons. The average Bonchev–Trinajstić information content (AvgIpc) is 2.25. The molecule has 1 aliphatic heterocycles. The summed E-state index contributed by atoms with van der Waals surface area (Å²) in [5.41, 5.74) is 2.57. The van der Waals surface area contributed by atoms with E-state index in [0.29, 0.717) is 0 Å². The Hall–Kier alpha value is -0.530. The van der Waals surface area contributed by atoms with Gasteiger partial charge in [0.15, 0.2) is 0 Å². The molecule has 1 nitrogen and oxygen atoms in total. The van der Waals surface area contributed by atoms with Gasteiger partial charge >= 0.3 is 0 Å². The number of halogens is 1. The van der Waals surface area contributed by atoms with E-state index in [1.165, 1.54) is 43.5 Å². The molecular weight excluding hydrogens is 206 g/mol. The van der Waals surface area contributed by atoms with Crippen LogP contribution in [0, 0.1) is 6.92 Å².